The molecule has 0 saturated carbocycles. The summed E-state index contributed by atoms with van der Waals surface area (Å²) < 4.78 is 4.24. The van der Waals surface area contributed by atoms with E-state index in [-0.39, 0.29) is 48.9 Å². The second kappa shape index (κ2) is 3.75. The standard InChI is InChI=1S/C4H4O5.Ba/c5-3(6)1-2(9-1)4(7)8;/h1-2H,(H,5,6)(H,7,8);/t1-,2+;. The van der Waals surface area contributed by atoms with Crippen LogP contribution in [-0.2, 0) is 14.3 Å². The molecule has 52 valence electrons. The Kier molecular flexibility index (Phi) is 3.92. The molecule has 0 aromatic carbocycles. The zero-order valence-electron chi connectivity index (χ0n) is 4.98. The molecule has 1 saturated heterocycles. The molecule has 0 unspecified atom stereocenters. The van der Waals surface area contributed by atoms with Gasteiger partial charge in [0.05, 0.1) is 0 Å². The Bertz CT molecular complexity index is 149. The molecule has 10 heavy (non-hydrogen) atoms. The van der Waals surface area contributed by atoms with Crippen LogP contribution in [0.3, 0.4) is 0 Å². The number of carbonyl (C=O) groups is 2. The Morgan fingerprint density at radius 2 is 1.40 bits per heavy atom. The summed E-state index contributed by atoms with van der Waals surface area (Å²) in [5, 5.41) is 16.2. The molecule has 0 spiro atoms. The number of aliphatic carboxylic acids is 2. The molecule has 1 aliphatic rings. The number of hydrogen-bond donors (Lipinski definition) is 2. The molecule has 2 atom stereocenters. The van der Waals surface area contributed by atoms with Crippen molar-refractivity contribution in [1.29, 1.82) is 0 Å². The number of rotatable bonds is 2. The van der Waals surface area contributed by atoms with Gasteiger partial charge in [-0.15, -0.1) is 0 Å². The van der Waals surface area contributed by atoms with Gasteiger partial charge in [0.1, 0.15) is 0 Å². The molecule has 1 fully saturated rings. The van der Waals surface area contributed by atoms with E-state index in [0.717, 1.165) is 0 Å². The van der Waals surface area contributed by atoms with Gasteiger partial charge in [-0.3, -0.25) is 0 Å². The van der Waals surface area contributed by atoms with E-state index >= 15 is 0 Å². The molecule has 0 amide bonds. The molecule has 0 aromatic rings. The summed E-state index contributed by atoms with van der Waals surface area (Å²) in [6.45, 7) is 0. The summed E-state index contributed by atoms with van der Waals surface area (Å²) in [5.74, 6) is -2.44. The third kappa shape index (κ3) is 2.26. The number of hydrogen-bond acceptors (Lipinski definition) is 3. The predicted octanol–water partition coefficient (Wildman–Crippen LogP) is -1.46. The van der Waals surface area contributed by atoms with Crippen molar-refractivity contribution in [2.24, 2.45) is 0 Å². The molecule has 1 heterocycles. The Morgan fingerprint density at radius 1 is 1.10 bits per heavy atom. The molecule has 0 bridgehead atoms. The van der Waals surface area contributed by atoms with E-state index in [1.54, 1.807) is 0 Å². The van der Waals surface area contributed by atoms with Crippen molar-refractivity contribution in [3.63, 3.8) is 0 Å². The topological polar surface area (TPSA) is 87.1 Å². The molecule has 0 aromatic heterocycles. The molecule has 1 aliphatic heterocycles. The summed E-state index contributed by atoms with van der Waals surface area (Å²) in [5.41, 5.74) is 0. The van der Waals surface area contributed by atoms with Crippen LogP contribution in [-0.4, -0.2) is 83.2 Å². The Morgan fingerprint density at radius 3 is 1.50 bits per heavy atom. The third-order valence-electron chi connectivity index (χ3n) is 0.978. The quantitative estimate of drug-likeness (QED) is 0.473. The van der Waals surface area contributed by atoms with Crippen LogP contribution < -0.4 is 0 Å². The molecule has 6 heteroatoms. The van der Waals surface area contributed by atoms with E-state index in [1.807, 2.05) is 0 Å². The molecular weight excluding hydrogens is 265 g/mol. The molecule has 2 N–H and O–H groups in total. The van der Waals surface area contributed by atoms with E-state index in [1.165, 1.54) is 0 Å². The summed E-state index contributed by atoms with van der Waals surface area (Å²) in [4.78, 5) is 19.8. The van der Waals surface area contributed by atoms with E-state index in [0.29, 0.717) is 0 Å². The van der Waals surface area contributed by atoms with Gasteiger partial charge in [0.25, 0.3) is 0 Å². The van der Waals surface area contributed by atoms with E-state index < -0.39 is 24.1 Å². The second-order valence-corrected chi connectivity index (χ2v) is 1.65. The van der Waals surface area contributed by atoms with E-state index in [4.69, 9.17) is 10.2 Å². The van der Waals surface area contributed by atoms with Gasteiger partial charge in [-0.25, -0.2) is 9.59 Å². The molecule has 2 radical (unpaired) electrons. The fraction of sp³-hybridized carbons (Fsp3) is 0.500. The first-order valence-corrected chi connectivity index (χ1v) is 2.24. The Balaban J connectivity index is 0.000000810. The predicted molar refractivity (Wildman–Crippen MR) is 29.7 cm³/mol. The van der Waals surface area contributed by atoms with Crippen LogP contribution in [0.2, 0.25) is 0 Å². The van der Waals surface area contributed by atoms with E-state index in [2.05, 4.69) is 4.74 Å². The first-order chi connectivity index (χ1) is 4.13. The van der Waals surface area contributed by atoms with Gasteiger partial charge in [-0.2, -0.15) is 0 Å². The van der Waals surface area contributed by atoms with Crippen LogP contribution >= 0.6 is 0 Å². The Hall–Kier alpha value is 0.471. The third-order valence-corrected chi connectivity index (χ3v) is 0.978. The van der Waals surface area contributed by atoms with Gasteiger partial charge >= 0.3 is 11.9 Å². The average molecular weight is 269 g/mol. The Labute approximate surface area is 96.4 Å². The fourth-order valence-corrected chi connectivity index (χ4v) is 0.488. The molecule has 0 aliphatic carbocycles. The number of carboxylic acid groups (broad SMARTS) is 2. The minimum absolute atomic E-state index is 0. The second-order valence-electron chi connectivity index (χ2n) is 1.65. The van der Waals surface area contributed by atoms with Crippen molar-refractivity contribution in [1.82, 2.24) is 0 Å². The summed E-state index contributed by atoms with van der Waals surface area (Å²) >= 11 is 0. The smallest absolute Gasteiger partial charge is 0.336 e. The monoisotopic (exact) mass is 270 g/mol. The van der Waals surface area contributed by atoms with Crippen LogP contribution in [0.1, 0.15) is 0 Å². The number of carboxylic acids is 2. The minimum Gasteiger partial charge on any atom is -0.479 e. The average Bonchev–Trinajstić information content (AvgIpc) is 2.39. The van der Waals surface area contributed by atoms with Crippen molar-refractivity contribution in [3.05, 3.63) is 0 Å². The summed E-state index contributed by atoms with van der Waals surface area (Å²) in [7, 11) is 0. The van der Waals surface area contributed by atoms with Gasteiger partial charge in [0.15, 0.2) is 12.2 Å². The van der Waals surface area contributed by atoms with Gasteiger partial charge in [-0.05, 0) is 0 Å². The van der Waals surface area contributed by atoms with Crippen molar-refractivity contribution < 1.29 is 24.5 Å². The summed E-state index contributed by atoms with van der Waals surface area (Å²) in [6, 6.07) is 0. The van der Waals surface area contributed by atoms with Crippen LogP contribution in [0.4, 0.5) is 0 Å². The van der Waals surface area contributed by atoms with E-state index in [9.17, 15) is 9.59 Å². The van der Waals surface area contributed by atoms with Gasteiger partial charge in [-0.1, -0.05) is 0 Å². The van der Waals surface area contributed by atoms with Crippen molar-refractivity contribution in [2.45, 2.75) is 12.2 Å². The first-order valence-electron chi connectivity index (χ1n) is 2.24. The van der Waals surface area contributed by atoms with Gasteiger partial charge in [0, 0.05) is 48.9 Å². The SMILES string of the molecule is O=C(O)[C@H]1O[C@H]1C(=O)O.[Ba]. The van der Waals surface area contributed by atoms with Crippen molar-refractivity contribution >= 4 is 60.8 Å². The number of epoxide rings is 1. The minimum atomic E-state index is -1.22. The number of ether oxygens (including phenoxy) is 1. The van der Waals surface area contributed by atoms with Crippen LogP contribution in [0.25, 0.3) is 0 Å². The van der Waals surface area contributed by atoms with Crippen molar-refractivity contribution in [2.75, 3.05) is 0 Å². The van der Waals surface area contributed by atoms with Crippen LogP contribution in [0.15, 0.2) is 0 Å². The molecular formula is C4H4BaO5. The van der Waals surface area contributed by atoms with Gasteiger partial charge < -0.3 is 14.9 Å². The maximum absolute atomic E-state index is 9.89. The fourth-order valence-electron chi connectivity index (χ4n) is 0.488. The van der Waals surface area contributed by atoms with Gasteiger partial charge in [0.2, 0.25) is 0 Å². The van der Waals surface area contributed by atoms with Crippen LogP contribution in [0, 0.1) is 0 Å². The first kappa shape index (κ1) is 10.5. The zero-order chi connectivity index (χ0) is 7.02. The largest absolute Gasteiger partial charge is 0.479 e. The molecule has 1 rings (SSSR count). The van der Waals surface area contributed by atoms with Crippen LogP contribution in [0.5, 0.6) is 0 Å². The summed E-state index contributed by atoms with van der Waals surface area (Å²) in [6.07, 6.45) is -2.25. The molecule has 5 nitrogen and oxygen atoms in total. The normalized spacial score (nSPS) is 28.4. The van der Waals surface area contributed by atoms with Crippen molar-refractivity contribution in [3.8, 4) is 0 Å². The maximum Gasteiger partial charge on any atom is 0.336 e. The maximum atomic E-state index is 9.89. The zero-order valence-corrected chi connectivity index (χ0v) is 9.42.